The van der Waals surface area contributed by atoms with Crippen molar-refractivity contribution in [3.05, 3.63) is 65.5 Å². The average molecular weight is 269 g/mol. The third-order valence-electron chi connectivity index (χ3n) is 3.23. The molecule has 1 heterocycles. The highest BCUT2D eigenvalue weighted by Gasteiger charge is 2.14. The number of rotatable bonds is 5. The molecule has 0 saturated heterocycles. The second-order valence-corrected chi connectivity index (χ2v) is 4.58. The zero-order valence-electron chi connectivity index (χ0n) is 11.6. The Morgan fingerprint density at radius 1 is 1.10 bits per heavy atom. The second-order valence-electron chi connectivity index (χ2n) is 4.58. The van der Waals surface area contributed by atoms with Crippen LogP contribution >= 0.6 is 0 Å². The summed E-state index contributed by atoms with van der Waals surface area (Å²) in [6.45, 7) is 3.73. The molecule has 1 aromatic heterocycles. The van der Waals surface area contributed by atoms with Crippen molar-refractivity contribution < 1.29 is 4.79 Å². The van der Waals surface area contributed by atoms with Gasteiger partial charge in [-0.3, -0.25) is 9.78 Å². The summed E-state index contributed by atoms with van der Waals surface area (Å²) in [6.07, 6.45) is 3.48. The zero-order chi connectivity index (χ0) is 14.4. The van der Waals surface area contributed by atoms with E-state index in [-0.39, 0.29) is 5.91 Å². The predicted molar refractivity (Wildman–Crippen MR) is 79.0 cm³/mol. The van der Waals surface area contributed by atoms with Gasteiger partial charge in [0, 0.05) is 37.6 Å². The highest BCUT2D eigenvalue weighted by molar-refractivity contribution is 5.94. The topological polar surface area (TPSA) is 59.2 Å². The first-order chi connectivity index (χ1) is 9.74. The highest BCUT2D eigenvalue weighted by Crippen LogP contribution is 2.10. The van der Waals surface area contributed by atoms with E-state index in [1.54, 1.807) is 12.4 Å². The van der Waals surface area contributed by atoms with Gasteiger partial charge in [0.1, 0.15) is 0 Å². The lowest BCUT2D eigenvalue weighted by Crippen LogP contribution is -2.30. The maximum absolute atomic E-state index is 12.5. The summed E-state index contributed by atoms with van der Waals surface area (Å²) in [5.74, 6) is 0.0351. The number of hydrogen-bond acceptors (Lipinski definition) is 3. The van der Waals surface area contributed by atoms with Gasteiger partial charge in [0.2, 0.25) is 0 Å². The summed E-state index contributed by atoms with van der Waals surface area (Å²) < 4.78 is 0. The predicted octanol–water partition coefficient (Wildman–Crippen LogP) is 2.20. The number of nitrogens with zero attached hydrogens (tertiary/aromatic N) is 2. The van der Waals surface area contributed by atoms with Gasteiger partial charge in [-0.25, -0.2) is 0 Å². The van der Waals surface area contributed by atoms with Crippen molar-refractivity contribution in [2.45, 2.75) is 20.0 Å². The van der Waals surface area contributed by atoms with Crippen molar-refractivity contribution in [2.75, 3.05) is 6.54 Å². The van der Waals surface area contributed by atoms with Crippen LogP contribution in [0.4, 0.5) is 0 Å². The van der Waals surface area contributed by atoms with Gasteiger partial charge in [-0.05, 0) is 42.3 Å². The lowest BCUT2D eigenvalue weighted by Gasteiger charge is -2.21. The summed E-state index contributed by atoms with van der Waals surface area (Å²) in [7, 11) is 0. The number of hydrogen-bond donors (Lipinski definition) is 1. The van der Waals surface area contributed by atoms with Crippen LogP contribution in [0.1, 0.15) is 28.4 Å². The Hall–Kier alpha value is -2.20. The lowest BCUT2D eigenvalue weighted by molar-refractivity contribution is 0.0752. The van der Waals surface area contributed by atoms with Crippen LogP contribution in [-0.4, -0.2) is 22.3 Å². The van der Waals surface area contributed by atoms with Gasteiger partial charge in [0.15, 0.2) is 0 Å². The van der Waals surface area contributed by atoms with Gasteiger partial charge in [-0.1, -0.05) is 12.1 Å². The van der Waals surface area contributed by atoms with Crippen molar-refractivity contribution in [2.24, 2.45) is 5.73 Å². The van der Waals surface area contributed by atoms with Gasteiger partial charge in [-0.15, -0.1) is 0 Å². The second kappa shape index (κ2) is 6.82. The molecule has 2 N–H and O–H groups in total. The Morgan fingerprint density at radius 3 is 2.30 bits per heavy atom. The monoisotopic (exact) mass is 269 g/mol. The molecule has 0 radical (unpaired) electrons. The molecule has 0 bridgehead atoms. The van der Waals surface area contributed by atoms with Crippen LogP contribution in [0.5, 0.6) is 0 Å². The van der Waals surface area contributed by atoms with Gasteiger partial charge >= 0.3 is 0 Å². The Morgan fingerprint density at radius 2 is 1.75 bits per heavy atom. The first-order valence-corrected chi connectivity index (χ1v) is 6.71. The number of carbonyl (C=O) groups excluding carboxylic acids is 1. The van der Waals surface area contributed by atoms with Crippen LogP contribution in [-0.2, 0) is 13.1 Å². The van der Waals surface area contributed by atoms with E-state index in [0.717, 1.165) is 11.1 Å². The molecule has 0 atom stereocenters. The molecule has 0 aliphatic carbocycles. The molecule has 2 rings (SSSR count). The molecule has 0 aliphatic rings. The molecular formula is C16H19N3O. The first-order valence-electron chi connectivity index (χ1n) is 6.71. The molecule has 4 heteroatoms. The van der Waals surface area contributed by atoms with E-state index in [1.165, 1.54) is 0 Å². The Labute approximate surface area is 119 Å². The molecular weight excluding hydrogens is 250 g/mol. The summed E-state index contributed by atoms with van der Waals surface area (Å²) in [5.41, 5.74) is 8.36. The van der Waals surface area contributed by atoms with Crippen molar-refractivity contribution >= 4 is 5.91 Å². The fourth-order valence-electron chi connectivity index (χ4n) is 2.00. The number of nitrogens with two attached hydrogens (primary N) is 1. The Balaban J connectivity index is 2.12. The lowest BCUT2D eigenvalue weighted by atomic mass is 10.1. The van der Waals surface area contributed by atoms with Gasteiger partial charge < -0.3 is 10.6 Å². The van der Waals surface area contributed by atoms with E-state index >= 15 is 0 Å². The van der Waals surface area contributed by atoms with E-state index in [2.05, 4.69) is 4.98 Å². The van der Waals surface area contributed by atoms with E-state index < -0.39 is 0 Å². The SMILES string of the molecule is CCN(Cc1ccncc1)C(=O)c1ccc(CN)cc1. The minimum atomic E-state index is 0.0351. The Bertz CT molecular complexity index is 552. The number of aromatic nitrogens is 1. The molecule has 1 amide bonds. The van der Waals surface area contributed by atoms with Crippen molar-refractivity contribution in [1.82, 2.24) is 9.88 Å². The molecule has 0 spiro atoms. The number of amides is 1. The number of carbonyl (C=O) groups is 1. The van der Waals surface area contributed by atoms with Crippen molar-refractivity contribution in [3.8, 4) is 0 Å². The van der Waals surface area contributed by atoms with Crippen LogP contribution in [0, 0.1) is 0 Å². The van der Waals surface area contributed by atoms with Crippen LogP contribution in [0.3, 0.4) is 0 Å². The first kappa shape index (κ1) is 14.2. The highest BCUT2D eigenvalue weighted by atomic mass is 16.2. The van der Waals surface area contributed by atoms with Crippen molar-refractivity contribution in [3.63, 3.8) is 0 Å². The van der Waals surface area contributed by atoms with Crippen LogP contribution in [0.2, 0.25) is 0 Å². The molecule has 4 nitrogen and oxygen atoms in total. The maximum atomic E-state index is 12.5. The smallest absolute Gasteiger partial charge is 0.254 e. The standard InChI is InChI=1S/C16H19N3O/c1-2-19(12-14-7-9-18-10-8-14)16(20)15-5-3-13(11-17)4-6-15/h3-10H,2,11-12,17H2,1H3. The van der Waals surface area contributed by atoms with Gasteiger partial charge in [0.25, 0.3) is 5.91 Å². The van der Waals surface area contributed by atoms with Crippen LogP contribution < -0.4 is 5.73 Å². The zero-order valence-corrected chi connectivity index (χ0v) is 11.6. The normalized spacial score (nSPS) is 10.3. The van der Waals surface area contributed by atoms with E-state index in [4.69, 9.17) is 5.73 Å². The molecule has 0 unspecified atom stereocenters. The fourth-order valence-corrected chi connectivity index (χ4v) is 2.00. The van der Waals surface area contributed by atoms with Crippen molar-refractivity contribution in [1.29, 1.82) is 0 Å². The van der Waals surface area contributed by atoms with Crippen LogP contribution in [0.15, 0.2) is 48.8 Å². The van der Waals surface area contributed by atoms with E-state index in [0.29, 0.717) is 25.2 Å². The number of pyridine rings is 1. The molecule has 2 aromatic rings. The molecule has 104 valence electrons. The largest absolute Gasteiger partial charge is 0.335 e. The van der Waals surface area contributed by atoms with Gasteiger partial charge in [-0.2, -0.15) is 0 Å². The third kappa shape index (κ3) is 3.42. The molecule has 0 aliphatic heterocycles. The summed E-state index contributed by atoms with van der Waals surface area (Å²) >= 11 is 0. The quantitative estimate of drug-likeness (QED) is 0.905. The number of benzene rings is 1. The van der Waals surface area contributed by atoms with Gasteiger partial charge in [0.05, 0.1) is 0 Å². The maximum Gasteiger partial charge on any atom is 0.254 e. The van der Waals surface area contributed by atoms with E-state index in [9.17, 15) is 4.79 Å². The summed E-state index contributed by atoms with van der Waals surface area (Å²) in [6, 6.07) is 11.3. The Kier molecular flexibility index (Phi) is 4.85. The summed E-state index contributed by atoms with van der Waals surface area (Å²) in [5, 5.41) is 0. The summed E-state index contributed by atoms with van der Waals surface area (Å²) in [4.78, 5) is 18.3. The minimum Gasteiger partial charge on any atom is -0.335 e. The fraction of sp³-hybridized carbons (Fsp3) is 0.250. The molecule has 1 aromatic carbocycles. The third-order valence-corrected chi connectivity index (χ3v) is 3.23. The minimum absolute atomic E-state index is 0.0351. The molecule has 0 saturated carbocycles. The molecule has 0 fully saturated rings. The van der Waals surface area contributed by atoms with Crippen LogP contribution in [0.25, 0.3) is 0 Å². The van der Waals surface area contributed by atoms with E-state index in [1.807, 2.05) is 48.2 Å². The molecule has 20 heavy (non-hydrogen) atoms. The average Bonchev–Trinajstić information content (AvgIpc) is 2.53.